The molecule has 0 saturated carbocycles. The Bertz CT molecular complexity index is 1010. The molecule has 2 aromatic heterocycles. The van der Waals surface area contributed by atoms with Crippen LogP contribution in [0.15, 0.2) is 18.2 Å². The molecule has 1 aliphatic rings. The molecule has 26 heavy (non-hydrogen) atoms. The number of hydrogen-bond donors (Lipinski definition) is 3. The number of amides is 1. The average molecular weight is 372 g/mol. The zero-order valence-electron chi connectivity index (χ0n) is 14.9. The number of rotatable bonds is 2. The second-order valence-corrected chi connectivity index (χ2v) is 8.89. The molecule has 1 amide bonds. The van der Waals surface area contributed by atoms with E-state index in [1.165, 1.54) is 16.5 Å². The number of fused-ring (bicyclic) bond motifs is 2. The minimum Gasteiger partial charge on any atom is -0.366 e. The van der Waals surface area contributed by atoms with Gasteiger partial charge in [-0.3, -0.25) is 4.79 Å². The van der Waals surface area contributed by atoms with Crippen molar-refractivity contribution in [2.24, 2.45) is 11.1 Å². The van der Waals surface area contributed by atoms with E-state index in [1.54, 1.807) is 11.3 Å². The van der Waals surface area contributed by atoms with Crippen molar-refractivity contribution >= 4 is 28.3 Å². The molecule has 4 N–H and O–H groups in total. The fourth-order valence-electron chi connectivity index (χ4n) is 3.53. The summed E-state index contributed by atoms with van der Waals surface area (Å²) in [6.45, 7) is 7.62. The first kappa shape index (κ1) is 17.2. The SMILES string of the molecule is CC(C)(C)[C@H]1NCCc2cc(-c3nc4c(C(N)=O)cc(F)cc4[nH]3)sc21. The molecule has 0 radical (unpaired) electrons. The second kappa shape index (κ2) is 5.89. The van der Waals surface area contributed by atoms with Crippen molar-refractivity contribution in [2.75, 3.05) is 6.54 Å². The van der Waals surface area contributed by atoms with Crippen LogP contribution in [0.2, 0.25) is 0 Å². The first-order valence-corrected chi connectivity index (χ1v) is 9.41. The Kier molecular flexibility index (Phi) is 3.89. The summed E-state index contributed by atoms with van der Waals surface area (Å²) < 4.78 is 13.8. The highest BCUT2D eigenvalue weighted by Gasteiger charge is 2.32. The Morgan fingerprint density at radius 2 is 2.12 bits per heavy atom. The van der Waals surface area contributed by atoms with Crippen molar-refractivity contribution in [1.29, 1.82) is 0 Å². The number of nitrogens with two attached hydrogens (primary N) is 1. The van der Waals surface area contributed by atoms with Gasteiger partial charge in [-0.25, -0.2) is 9.37 Å². The fourth-order valence-corrected chi connectivity index (χ4v) is 5.01. The van der Waals surface area contributed by atoms with Gasteiger partial charge in [0.1, 0.15) is 17.2 Å². The van der Waals surface area contributed by atoms with Gasteiger partial charge in [-0.15, -0.1) is 11.3 Å². The van der Waals surface area contributed by atoms with Crippen LogP contribution in [0.5, 0.6) is 0 Å². The van der Waals surface area contributed by atoms with Crippen LogP contribution >= 0.6 is 11.3 Å². The molecule has 1 aromatic carbocycles. The monoisotopic (exact) mass is 372 g/mol. The number of imidazole rings is 1. The van der Waals surface area contributed by atoms with E-state index < -0.39 is 11.7 Å². The molecule has 0 fully saturated rings. The number of halogens is 1. The quantitative estimate of drug-likeness (QED) is 0.640. The lowest BCUT2D eigenvalue weighted by Gasteiger charge is -2.34. The summed E-state index contributed by atoms with van der Waals surface area (Å²) in [5.41, 5.74) is 7.79. The van der Waals surface area contributed by atoms with Gasteiger partial charge in [0.2, 0.25) is 0 Å². The van der Waals surface area contributed by atoms with E-state index in [0.29, 0.717) is 16.9 Å². The minimum atomic E-state index is -0.685. The number of hydrogen-bond acceptors (Lipinski definition) is 4. The standard InChI is InChI=1S/C19H21FN4OS/c1-19(2,3)16-15-9(4-5-22-16)6-13(26-15)18-23-12-8-10(20)7-11(17(21)25)14(12)24-18/h6-8,16,22H,4-5H2,1-3H3,(H2,21,25)(H,23,24)/t16-/m0/s1. The molecule has 0 aliphatic carbocycles. The van der Waals surface area contributed by atoms with Crippen LogP contribution in [0.4, 0.5) is 4.39 Å². The molecule has 4 rings (SSSR count). The number of thiophene rings is 1. The Hall–Kier alpha value is -2.25. The van der Waals surface area contributed by atoms with E-state index >= 15 is 0 Å². The summed E-state index contributed by atoms with van der Waals surface area (Å²) in [7, 11) is 0. The number of nitrogens with one attached hydrogen (secondary N) is 2. The smallest absolute Gasteiger partial charge is 0.251 e. The van der Waals surface area contributed by atoms with Crippen molar-refractivity contribution in [2.45, 2.75) is 33.2 Å². The van der Waals surface area contributed by atoms with Crippen LogP contribution in [0.1, 0.15) is 47.6 Å². The maximum atomic E-state index is 13.8. The molecule has 0 spiro atoms. The Morgan fingerprint density at radius 3 is 2.81 bits per heavy atom. The van der Waals surface area contributed by atoms with E-state index in [-0.39, 0.29) is 17.0 Å². The Morgan fingerprint density at radius 1 is 1.35 bits per heavy atom. The molecular weight excluding hydrogens is 351 g/mol. The number of nitrogens with zero attached hydrogens (tertiary/aromatic N) is 1. The molecule has 0 unspecified atom stereocenters. The number of aromatic amines is 1. The van der Waals surface area contributed by atoms with Crippen LogP contribution in [-0.2, 0) is 6.42 Å². The lowest BCUT2D eigenvalue weighted by Crippen LogP contribution is -2.36. The topological polar surface area (TPSA) is 83.8 Å². The van der Waals surface area contributed by atoms with Gasteiger partial charge in [0.05, 0.1) is 16.0 Å². The van der Waals surface area contributed by atoms with Crippen molar-refractivity contribution in [1.82, 2.24) is 15.3 Å². The van der Waals surface area contributed by atoms with Gasteiger partial charge >= 0.3 is 0 Å². The van der Waals surface area contributed by atoms with Crippen molar-refractivity contribution < 1.29 is 9.18 Å². The van der Waals surface area contributed by atoms with E-state index in [1.807, 2.05) is 0 Å². The van der Waals surface area contributed by atoms with Gasteiger partial charge in [0, 0.05) is 10.9 Å². The van der Waals surface area contributed by atoms with Gasteiger partial charge in [0.15, 0.2) is 0 Å². The van der Waals surface area contributed by atoms with E-state index in [0.717, 1.165) is 23.9 Å². The third-order valence-electron chi connectivity index (χ3n) is 4.76. The molecule has 0 bridgehead atoms. The summed E-state index contributed by atoms with van der Waals surface area (Å²) >= 11 is 1.69. The van der Waals surface area contributed by atoms with Crippen molar-refractivity contribution in [3.05, 3.63) is 40.0 Å². The van der Waals surface area contributed by atoms with E-state index in [4.69, 9.17) is 5.73 Å². The Labute approximate surface area is 154 Å². The lowest BCUT2D eigenvalue weighted by molar-refractivity contribution is 0.100. The van der Waals surface area contributed by atoms with Crippen LogP contribution < -0.4 is 11.1 Å². The molecular formula is C19H21FN4OS. The van der Waals surface area contributed by atoms with Crippen LogP contribution in [0, 0.1) is 11.2 Å². The first-order valence-electron chi connectivity index (χ1n) is 8.59. The highest BCUT2D eigenvalue weighted by molar-refractivity contribution is 7.15. The first-order chi connectivity index (χ1) is 12.2. The third kappa shape index (κ3) is 2.81. The molecule has 1 aliphatic heterocycles. The number of carbonyl (C=O) groups excluding carboxylic acids is 1. The normalized spacial score (nSPS) is 17.5. The molecule has 136 valence electrons. The summed E-state index contributed by atoms with van der Waals surface area (Å²) in [5.74, 6) is -0.556. The van der Waals surface area contributed by atoms with Crippen LogP contribution in [0.3, 0.4) is 0 Å². The predicted octanol–water partition coefficient (Wildman–Crippen LogP) is 3.76. The summed E-state index contributed by atoms with van der Waals surface area (Å²) in [5, 5.41) is 3.61. The lowest BCUT2D eigenvalue weighted by atomic mass is 9.82. The number of H-pyrrole nitrogens is 1. The van der Waals surface area contributed by atoms with Crippen molar-refractivity contribution in [3.63, 3.8) is 0 Å². The summed E-state index contributed by atoms with van der Waals surface area (Å²) in [6.07, 6.45) is 0.972. The zero-order valence-corrected chi connectivity index (χ0v) is 15.8. The highest BCUT2D eigenvalue weighted by Crippen LogP contribution is 2.43. The zero-order chi connectivity index (χ0) is 18.6. The fraction of sp³-hybridized carbons (Fsp3) is 0.368. The number of benzene rings is 1. The molecule has 3 aromatic rings. The molecule has 7 heteroatoms. The highest BCUT2D eigenvalue weighted by atomic mass is 32.1. The van der Waals surface area contributed by atoms with Gasteiger partial charge < -0.3 is 16.0 Å². The molecule has 3 heterocycles. The molecule has 5 nitrogen and oxygen atoms in total. The summed E-state index contributed by atoms with van der Waals surface area (Å²) in [4.78, 5) is 21.6. The van der Waals surface area contributed by atoms with E-state index in [2.05, 4.69) is 42.1 Å². The predicted molar refractivity (Wildman–Crippen MR) is 102 cm³/mol. The third-order valence-corrected chi connectivity index (χ3v) is 6.01. The van der Waals surface area contributed by atoms with Crippen molar-refractivity contribution in [3.8, 4) is 10.7 Å². The average Bonchev–Trinajstić information content (AvgIpc) is 3.15. The molecule has 0 saturated heterocycles. The van der Waals surface area contributed by atoms with Gasteiger partial charge in [-0.05, 0) is 42.1 Å². The van der Waals surface area contributed by atoms with Gasteiger partial charge in [-0.1, -0.05) is 20.8 Å². The maximum Gasteiger partial charge on any atom is 0.251 e. The number of carbonyl (C=O) groups is 1. The second-order valence-electron chi connectivity index (χ2n) is 7.80. The van der Waals surface area contributed by atoms with Crippen LogP contribution in [0.25, 0.3) is 21.7 Å². The van der Waals surface area contributed by atoms with Crippen LogP contribution in [-0.4, -0.2) is 22.4 Å². The maximum absolute atomic E-state index is 13.8. The number of primary amides is 1. The van der Waals surface area contributed by atoms with Gasteiger partial charge in [0.25, 0.3) is 5.91 Å². The largest absolute Gasteiger partial charge is 0.366 e. The van der Waals surface area contributed by atoms with E-state index in [9.17, 15) is 9.18 Å². The van der Waals surface area contributed by atoms with Gasteiger partial charge in [-0.2, -0.15) is 0 Å². The Balaban J connectivity index is 1.83. The summed E-state index contributed by atoms with van der Waals surface area (Å²) in [6, 6.07) is 4.91. The number of aromatic nitrogens is 2. The molecule has 1 atom stereocenters. The minimum absolute atomic E-state index is 0.0954.